The topological polar surface area (TPSA) is 47.1 Å². The van der Waals surface area contributed by atoms with Crippen LogP contribution < -0.4 is 0 Å². The summed E-state index contributed by atoms with van der Waals surface area (Å²) in [5.41, 5.74) is 3.26. The summed E-state index contributed by atoms with van der Waals surface area (Å²) in [4.78, 5) is 7.40. The zero-order valence-corrected chi connectivity index (χ0v) is 13.7. The van der Waals surface area contributed by atoms with E-state index in [1.807, 2.05) is 13.0 Å². The minimum Gasteiger partial charge on any atom is -0.360 e. The maximum atomic E-state index is 5.41. The Morgan fingerprint density at radius 1 is 1.30 bits per heavy atom. The number of benzene rings is 1. The predicted molar refractivity (Wildman–Crippen MR) is 89.0 cm³/mol. The Morgan fingerprint density at radius 2 is 2.17 bits per heavy atom. The molecule has 0 radical (unpaired) electrons. The molecule has 0 bridgehead atoms. The number of hydrogen-bond acceptors (Lipinski definition) is 4. The van der Waals surface area contributed by atoms with Crippen molar-refractivity contribution >= 4 is 11.0 Å². The monoisotopic (exact) mass is 310 g/mol. The number of aryl methyl sites for hydroxylation is 2. The van der Waals surface area contributed by atoms with Crippen LogP contribution in [0.5, 0.6) is 0 Å². The number of aromatic nitrogens is 3. The average molecular weight is 310 g/mol. The molecule has 0 aliphatic carbocycles. The molecule has 0 spiro atoms. The number of fused-ring (bicyclic) bond motifs is 1. The van der Waals surface area contributed by atoms with Crippen LogP contribution in [0.1, 0.15) is 43.1 Å². The highest BCUT2D eigenvalue weighted by atomic mass is 16.5. The quantitative estimate of drug-likeness (QED) is 0.737. The molecule has 3 aromatic rings. The molecule has 0 saturated carbocycles. The van der Waals surface area contributed by atoms with Crippen LogP contribution in [-0.4, -0.2) is 26.2 Å². The highest BCUT2D eigenvalue weighted by molar-refractivity contribution is 5.76. The third-order valence-electron chi connectivity index (χ3n) is 4.70. The molecule has 0 amide bonds. The molecule has 120 valence electrons. The highest BCUT2D eigenvalue weighted by Crippen LogP contribution is 2.34. The van der Waals surface area contributed by atoms with Gasteiger partial charge < -0.3 is 9.09 Å². The zero-order chi connectivity index (χ0) is 15.8. The molecule has 1 atom stereocenters. The van der Waals surface area contributed by atoms with Crippen molar-refractivity contribution in [2.75, 3.05) is 6.54 Å². The fourth-order valence-electron chi connectivity index (χ4n) is 3.68. The van der Waals surface area contributed by atoms with E-state index in [0.717, 1.165) is 43.0 Å². The molecule has 2 aromatic heterocycles. The largest absolute Gasteiger partial charge is 0.360 e. The zero-order valence-electron chi connectivity index (χ0n) is 13.7. The van der Waals surface area contributed by atoms with Gasteiger partial charge in [0, 0.05) is 12.6 Å². The van der Waals surface area contributed by atoms with Gasteiger partial charge in [-0.05, 0) is 45.4 Å². The van der Waals surface area contributed by atoms with Crippen LogP contribution in [0.4, 0.5) is 0 Å². The van der Waals surface area contributed by atoms with E-state index in [1.165, 1.54) is 17.8 Å². The molecule has 1 aliphatic rings. The van der Waals surface area contributed by atoms with Gasteiger partial charge in [-0.1, -0.05) is 17.3 Å². The van der Waals surface area contributed by atoms with Gasteiger partial charge in [-0.2, -0.15) is 0 Å². The van der Waals surface area contributed by atoms with Crippen molar-refractivity contribution in [1.82, 2.24) is 19.6 Å². The summed E-state index contributed by atoms with van der Waals surface area (Å²) in [7, 11) is 0. The van der Waals surface area contributed by atoms with Crippen LogP contribution in [0.2, 0.25) is 0 Å². The molecule has 5 heteroatoms. The Labute approximate surface area is 135 Å². The fraction of sp³-hybridized carbons (Fsp3) is 0.444. The summed E-state index contributed by atoms with van der Waals surface area (Å²) in [6.45, 7) is 6.99. The van der Waals surface area contributed by atoms with E-state index in [1.54, 1.807) is 0 Å². The molecule has 3 heterocycles. The van der Waals surface area contributed by atoms with Gasteiger partial charge in [0.05, 0.1) is 29.3 Å². The van der Waals surface area contributed by atoms with E-state index in [0.29, 0.717) is 6.04 Å². The first kappa shape index (κ1) is 14.5. The Hall–Kier alpha value is -2.14. The number of hydrogen-bond donors (Lipinski definition) is 0. The Bertz CT molecular complexity index is 819. The lowest BCUT2D eigenvalue weighted by Gasteiger charge is -2.23. The lowest BCUT2D eigenvalue weighted by molar-refractivity contribution is 0.207. The first-order chi connectivity index (χ1) is 11.3. The van der Waals surface area contributed by atoms with Crippen LogP contribution >= 0.6 is 0 Å². The van der Waals surface area contributed by atoms with Crippen molar-refractivity contribution in [2.45, 2.75) is 45.8 Å². The first-order valence-corrected chi connectivity index (χ1v) is 8.37. The maximum Gasteiger partial charge on any atom is 0.150 e. The second kappa shape index (κ2) is 5.81. The summed E-state index contributed by atoms with van der Waals surface area (Å²) < 4.78 is 7.76. The van der Waals surface area contributed by atoms with E-state index in [4.69, 9.17) is 9.51 Å². The van der Waals surface area contributed by atoms with Crippen molar-refractivity contribution in [3.8, 4) is 0 Å². The Kier molecular flexibility index (Phi) is 3.65. The second-order valence-corrected chi connectivity index (χ2v) is 6.27. The number of rotatable bonds is 4. The van der Waals surface area contributed by atoms with Crippen molar-refractivity contribution in [3.63, 3.8) is 0 Å². The molecule has 0 unspecified atom stereocenters. The van der Waals surface area contributed by atoms with Crippen LogP contribution in [0.25, 0.3) is 11.0 Å². The van der Waals surface area contributed by atoms with Gasteiger partial charge in [-0.15, -0.1) is 0 Å². The third kappa shape index (κ3) is 2.55. The highest BCUT2D eigenvalue weighted by Gasteiger charge is 2.31. The number of para-hydroxylation sites is 2. The molecule has 1 saturated heterocycles. The molecule has 1 fully saturated rings. The van der Waals surface area contributed by atoms with Crippen LogP contribution in [0.15, 0.2) is 34.9 Å². The van der Waals surface area contributed by atoms with E-state index in [-0.39, 0.29) is 0 Å². The van der Waals surface area contributed by atoms with Crippen LogP contribution in [0.3, 0.4) is 0 Å². The molecule has 1 aliphatic heterocycles. The van der Waals surface area contributed by atoms with Gasteiger partial charge in [-0.3, -0.25) is 4.90 Å². The molecule has 23 heavy (non-hydrogen) atoms. The first-order valence-electron chi connectivity index (χ1n) is 8.37. The van der Waals surface area contributed by atoms with Crippen LogP contribution in [-0.2, 0) is 13.1 Å². The average Bonchev–Trinajstić information content (AvgIpc) is 3.25. The summed E-state index contributed by atoms with van der Waals surface area (Å²) in [5.74, 6) is 2.12. The smallest absolute Gasteiger partial charge is 0.150 e. The summed E-state index contributed by atoms with van der Waals surface area (Å²) in [6, 6.07) is 10.8. The molecular weight excluding hydrogens is 288 g/mol. The van der Waals surface area contributed by atoms with E-state index in [9.17, 15) is 0 Å². The number of likely N-dealkylation sites (tertiary alicyclic amines) is 1. The van der Waals surface area contributed by atoms with Crippen molar-refractivity contribution < 1.29 is 4.52 Å². The van der Waals surface area contributed by atoms with Gasteiger partial charge >= 0.3 is 0 Å². The Balaban J connectivity index is 1.68. The molecular formula is C18H22N4O. The predicted octanol–water partition coefficient (Wildman–Crippen LogP) is 3.69. The van der Waals surface area contributed by atoms with Gasteiger partial charge in [-0.25, -0.2) is 4.98 Å². The lowest BCUT2D eigenvalue weighted by Crippen LogP contribution is -2.25. The normalized spacial score (nSPS) is 19.0. The summed E-state index contributed by atoms with van der Waals surface area (Å²) >= 11 is 0. The minimum absolute atomic E-state index is 0.354. The van der Waals surface area contributed by atoms with Crippen molar-refractivity contribution in [2.24, 2.45) is 0 Å². The maximum absolute atomic E-state index is 5.41. The third-order valence-corrected chi connectivity index (χ3v) is 4.70. The van der Waals surface area contributed by atoms with E-state index in [2.05, 4.69) is 45.8 Å². The second-order valence-electron chi connectivity index (χ2n) is 6.27. The number of imidazole rings is 1. The fourth-order valence-corrected chi connectivity index (χ4v) is 3.68. The minimum atomic E-state index is 0.354. The van der Waals surface area contributed by atoms with Gasteiger partial charge in [0.15, 0.2) is 5.76 Å². The van der Waals surface area contributed by atoms with Gasteiger partial charge in [0.2, 0.25) is 0 Å². The van der Waals surface area contributed by atoms with E-state index < -0.39 is 0 Å². The summed E-state index contributed by atoms with van der Waals surface area (Å²) in [6.07, 6.45) is 2.35. The lowest BCUT2D eigenvalue weighted by atomic mass is 10.2. The summed E-state index contributed by atoms with van der Waals surface area (Å²) in [5, 5.41) is 4.00. The standard InChI is InChI=1S/C18H22N4O/c1-3-22-16-8-5-4-7-15(16)19-18(22)17-9-6-10-21(17)12-14-11-13(2)20-23-14/h4-5,7-8,11,17H,3,6,9-10,12H2,1-2H3/t17-/m1/s1. The van der Waals surface area contributed by atoms with Crippen molar-refractivity contribution in [1.29, 1.82) is 0 Å². The van der Waals surface area contributed by atoms with Gasteiger partial charge in [0.25, 0.3) is 0 Å². The molecule has 5 nitrogen and oxygen atoms in total. The SMILES string of the molecule is CCn1c([C@H]2CCCN2Cc2cc(C)no2)nc2ccccc21. The Morgan fingerprint density at radius 3 is 2.96 bits per heavy atom. The van der Waals surface area contributed by atoms with Gasteiger partial charge in [0.1, 0.15) is 5.82 Å². The van der Waals surface area contributed by atoms with E-state index >= 15 is 0 Å². The molecule has 1 aromatic carbocycles. The number of nitrogens with zero attached hydrogens (tertiary/aromatic N) is 4. The van der Waals surface area contributed by atoms with Crippen molar-refractivity contribution in [3.05, 3.63) is 47.6 Å². The van der Waals surface area contributed by atoms with Crippen LogP contribution in [0, 0.1) is 6.92 Å². The molecule has 4 rings (SSSR count). The molecule has 0 N–H and O–H groups in total.